The normalized spacial score (nSPS) is 11.9. The standard InChI is InChI=1S/C23H32N6O2/c1-4-5-6-7-8-9-13-16-29-19-20(28(3)23(31)25-21(19)30)24-22(29)27-26-17(2)18-14-11-10-12-15-18/h10-12,14-15H,4-9,13,16H2,1-3H3,(H,24,27)(H,25,30,31). The maximum atomic E-state index is 12.6. The molecule has 8 nitrogen and oxygen atoms in total. The lowest BCUT2D eigenvalue weighted by atomic mass is 10.1. The van der Waals surface area contributed by atoms with Gasteiger partial charge < -0.3 is 4.57 Å². The van der Waals surface area contributed by atoms with E-state index < -0.39 is 11.2 Å². The van der Waals surface area contributed by atoms with Crippen molar-refractivity contribution in [3.63, 3.8) is 0 Å². The van der Waals surface area contributed by atoms with Crippen molar-refractivity contribution in [1.82, 2.24) is 19.1 Å². The molecule has 166 valence electrons. The molecule has 2 N–H and O–H groups in total. The zero-order chi connectivity index (χ0) is 22.2. The van der Waals surface area contributed by atoms with E-state index in [1.807, 2.05) is 41.8 Å². The molecule has 0 spiro atoms. The molecule has 0 bridgehead atoms. The number of hydrogen-bond donors (Lipinski definition) is 2. The van der Waals surface area contributed by atoms with E-state index in [1.54, 1.807) is 7.05 Å². The molecule has 0 aliphatic carbocycles. The molecule has 0 fully saturated rings. The van der Waals surface area contributed by atoms with Crippen LogP contribution in [0.3, 0.4) is 0 Å². The Balaban J connectivity index is 1.84. The highest BCUT2D eigenvalue weighted by molar-refractivity contribution is 5.99. The van der Waals surface area contributed by atoms with Gasteiger partial charge in [-0.05, 0) is 18.9 Å². The van der Waals surface area contributed by atoms with Gasteiger partial charge in [-0.3, -0.25) is 14.3 Å². The van der Waals surface area contributed by atoms with Crippen LogP contribution < -0.4 is 16.7 Å². The third kappa shape index (κ3) is 5.51. The summed E-state index contributed by atoms with van der Waals surface area (Å²) < 4.78 is 3.19. The van der Waals surface area contributed by atoms with Crippen molar-refractivity contribution < 1.29 is 0 Å². The van der Waals surface area contributed by atoms with Crippen LogP contribution in [0.1, 0.15) is 64.4 Å². The molecule has 3 rings (SSSR count). The molecular formula is C23H32N6O2. The number of aromatic amines is 1. The number of unbranched alkanes of at least 4 members (excludes halogenated alkanes) is 6. The smallest absolute Gasteiger partial charge is 0.303 e. The first-order valence-corrected chi connectivity index (χ1v) is 11.1. The number of rotatable bonds is 11. The van der Waals surface area contributed by atoms with Gasteiger partial charge in [-0.25, -0.2) is 10.2 Å². The molecule has 31 heavy (non-hydrogen) atoms. The second kappa shape index (κ2) is 10.7. The summed E-state index contributed by atoms with van der Waals surface area (Å²) in [5, 5.41) is 4.46. The van der Waals surface area contributed by atoms with Crippen molar-refractivity contribution in [2.24, 2.45) is 12.1 Å². The fourth-order valence-corrected chi connectivity index (χ4v) is 3.64. The number of imidazole rings is 1. The third-order valence-electron chi connectivity index (χ3n) is 5.51. The lowest BCUT2D eigenvalue weighted by Crippen LogP contribution is -2.29. The molecule has 0 radical (unpaired) electrons. The number of hydrogen-bond acceptors (Lipinski definition) is 5. The van der Waals surface area contributed by atoms with Crippen LogP contribution in [0.25, 0.3) is 11.2 Å². The van der Waals surface area contributed by atoms with Gasteiger partial charge in [0.05, 0.1) is 5.71 Å². The second-order valence-corrected chi connectivity index (χ2v) is 7.87. The quantitative estimate of drug-likeness (QED) is 0.276. The molecule has 0 amide bonds. The Labute approximate surface area is 182 Å². The van der Waals surface area contributed by atoms with Gasteiger partial charge in [-0.1, -0.05) is 75.8 Å². The van der Waals surface area contributed by atoms with Crippen molar-refractivity contribution in [2.45, 2.75) is 65.3 Å². The summed E-state index contributed by atoms with van der Waals surface area (Å²) in [7, 11) is 1.61. The fourth-order valence-electron chi connectivity index (χ4n) is 3.64. The summed E-state index contributed by atoms with van der Waals surface area (Å²) in [5.74, 6) is 0.461. The molecule has 2 heterocycles. The lowest BCUT2D eigenvalue weighted by Gasteiger charge is -2.09. The van der Waals surface area contributed by atoms with Gasteiger partial charge in [0.1, 0.15) is 0 Å². The molecule has 0 aliphatic rings. The lowest BCUT2D eigenvalue weighted by molar-refractivity contribution is 0.556. The number of fused-ring (bicyclic) bond motifs is 1. The maximum absolute atomic E-state index is 12.6. The molecule has 0 atom stereocenters. The van der Waals surface area contributed by atoms with Gasteiger partial charge in [-0.2, -0.15) is 10.1 Å². The van der Waals surface area contributed by atoms with Gasteiger partial charge in [0.2, 0.25) is 5.95 Å². The first-order chi connectivity index (χ1) is 15.0. The highest BCUT2D eigenvalue weighted by atomic mass is 16.2. The minimum absolute atomic E-state index is 0.353. The van der Waals surface area contributed by atoms with Crippen LogP contribution in [-0.2, 0) is 13.6 Å². The van der Waals surface area contributed by atoms with Gasteiger partial charge in [0.15, 0.2) is 11.2 Å². The van der Waals surface area contributed by atoms with Crippen LogP contribution in [0.4, 0.5) is 5.95 Å². The molecule has 0 unspecified atom stereocenters. The molecule has 3 aromatic rings. The first kappa shape index (κ1) is 22.5. The van der Waals surface area contributed by atoms with E-state index in [-0.39, 0.29) is 0 Å². The van der Waals surface area contributed by atoms with Crippen LogP contribution in [0, 0.1) is 0 Å². The molecule has 0 saturated carbocycles. The fraction of sp³-hybridized carbons (Fsp3) is 0.478. The molecular weight excluding hydrogens is 392 g/mol. The predicted molar refractivity (Wildman–Crippen MR) is 126 cm³/mol. The highest BCUT2D eigenvalue weighted by Gasteiger charge is 2.17. The number of nitrogens with zero attached hydrogens (tertiary/aromatic N) is 4. The van der Waals surface area contributed by atoms with Crippen molar-refractivity contribution >= 4 is 22.8 Å². The monoisotopic (exact) mass is 424 g/mol. The van der Waals surface area contributed by atoms with Gasteiger partial charge >= 0.3 is 5.69 Å². The summed E-state index contributed by atoms with van der Waals surface area (Å²) in [6.45, 7) is 4.76. The third-order valence-corrected chi connectivity index (χ3v) is 5.51. The molecule has 0 saturated heterocycles. The molecule has 0 aliphatic heterocycles. The van der Waals surface area contributed by atoms with Gasteiger partial charge in [0.25, 0.3) is 5.56 Å². The number of H-pyrrole nitrogens is 1. The Kier molecular flexibility index (Phi) is 7.81. The topological polar surface area (TPSA) is 97.1 Å². The number of aromatic nitrogens is 4. The zero-order valence-corrected chi connectivity index (χ0v) is 18.6. The Morgan fingerprint density at radius 2 is 1.74 bits per heavy atom. The summed E-state index contributed by atoms with van der Waals surface area (Å²) >= 11 is 0. The number of nitrogens with one attached hydrogen (secondary N) is 2. The maximum Gasteiger partial charge on any atom is 0.329 e. The molecule has 8 heteroatoms. The average Bonchev–Trinajstić information content (AvgIpc) is 3.15. The van der Waals surface area contributed by atoms with Gasteiger partial charge in [0, 0.05) is 13.6 Å². The SMILES string of the molecule is CCCCCCCCCn1c(NN=C(C)c2ccccc2)nc2c1c(=O)[nH]c(=O)n2C. The van der Waals surface area contributed by atoms with E-state index in [0.29, 0.717) is 23.7 Å². The highest BCUT2D eigenvalue weighted by Crippen LogP contribution is 2.18. The predicted octanol–water partition coefficient (Wildman–Crippen LogP) is 4.01. The summed E-state index contributed by atoms with van der Waals surface area (Å²) in [6.07, 6.45) is 8.21. The minimum Gasteiger partial charge on any atom is -0.303 e. The summed E-state index contributed by atoms with van der Waals surface area (Å²) in [5.41, 5.74) is 4.66. The van der Waals surface area contributed by atoms with E-state index >= 15 is 0 Å². The molecule has 1 aromatic carbocycles. The van der Waals surface area contributed by atoms with Crippen LogP contribution >= 0.6 is 0 Å². The van der Waals surface area contributed by atoms with Crippen LogP contribution in [0.5, 0.6) is 0 Å². The number of anilines is 1. The van der Waals surface area contributed by atoms with Crippen molar-refractivity contribution in [1.29, 1.82) is 0 Å². The average molecular weight is 425 g/mol. The van der Waals surface area contributed by atoms with Crippen molar-refractivity contribution in [3.05, 3.63) is 56.7 Å². The van der Waals surface area contributed by atoms with Crippen LogP contribution in [-0.4, -0.2) is 24.8 Å². The second-order valence-electron chi connectivity index (χ2n) is 7.87. The minimum atomic E-state index is -0.478. The van der Waals surface area contributed by atoms with E-state index in [2.05, 4.69) is 27.4 Å². The number of aryl methyl sites for hydroxylation is 2. The Bertz CT molecular complexity index is 1140. The molecule has 2 aromatic heterocycles. The number of benzene rings is 1. The van der Waals surface area contributed by atoms with E-state index in [1.165, 1.54) is 36.7 Å². The Morgan fingerprint density at radius 1 is 1.06 bits per heavy atom. The van der Waals surface area contributed by atoms with Crippen molar-refractivity contribution in [3.8, 4) is 0 Å². The summed E-state index contributed by atoms with van der Waals surface area (Å²) in [4.78, 5) is 31.5. The first-order valence-electron chi connectivity index (χ1n) is 11.1. The van der Waals surface area contributed by atoms with Gasteiger partial charge in [-0.15, -0.1) is 0 Å². The summed E-state index contributed by atoms with van der Waals surface area (Å²) in [6, 6.07) is 9.84. The Morgan fingerprint density at radius 3 is 2.45 bits per heavy atom. The van der Waals surface area contributed by atoms with E-state index in [9.17, 15) is 9.59 Å². The zero-order valence-electron chi connectivity index (χ0n) is 18.6. The number of hydrazone groups is 1. The Hall–Kier alpha value is -3.16. The van der Waals surface area contributed by atoms with Crippen molar-refractivity contribution in [2.75, 3.05) is 5.43 Å². The van der Waals surface area contributed by atoms with Crippen LogP contribution in [0.15, 0.2) is 45.0 Å². The van der Waals surface area contributed by atoms with E-state index in [0.717, 1.165) is 24.1 Å². The van der Waals surface area contributed by atoms with Crippen LogP contribution in [0.2, 0.25) is 0 Å². The largest absolute Gasteiger partial charge is 0.329 e. The van der Waals surface area contributed by atoms with E-state index in [4.69, 9.17) is 0 Å².